The normalized spacial score (nSPS) is 16.2. The second kappa shape index (κ2) is 13.2. The molecule has 5 aromatic rings. The highest BCUT2D eigenvalue weighted by Crippen LogP contribution is 2.48. The van der Waals surface area contributed by atoms with Gasteiger partial charge < -0.3 is 9.80 Å². The third-order valence-corrected chi connectivity index (χ3v) is 12.8. The van der Waals surface area contributed by atoms with Crippen molar-refractivity contribution < 1.29 is 0 Å². The minimum Gasteiger partial charge on any atom is -0.311 e. The number of hydrogen-bond donors (Lipinski definition) is 0. The van der Waals surface area contributed by atoms with Gasteiger partial charge in [-0.3, -0.25) is 0 Å². The van der Waals surface area contributed by atoms with Gasteiger partial charge in [-0.05, 0) is 133 Å². The van der Waals surface area contributed by atoms with Gasteiger partial charge in [-0.25, -0.2) is 0 Å². The second-order valence-corrected chi connectivity index (χ2v) is 21.1. The summed E-state index contributed by atoms with van der Waals surface area (Å²) in [5.74, 6) is 0.559. The van der Waals surface area contributed by atoms with Crippen LogP contribution in [0.15, 0.2) is 97.1 Å². The predicted molar refractivity (Wildman–Crippen MR) is 241 cm³/mol. The predicted octanol–water partition coefficient (Wildman–Crippen LogP) is 13.0. The Kier molecular flexibility index (Phi) is 9.03. The molecular formula is C52H63BN2. The summed E-state index contributed by atoms with van der Waals surface area (Å²) in [6.07, 6.45) is 6.49. The van der Waals surface area contributed by atoms with Gasteiger partial charge in [0.1, 0.15) is 0 Å². The molecule has 2 nitrogen and oxygen atoms in total. The molecule has 55 heavy (non-hydrogen) atoms. The third-order valence-electron chi connectivity index (χ3n) is 12.8. The van der Waals surface area contributed by atoms with Crippen LogP contribution in [0.5, 0.6) is 0 Å². The van der Waals surface area contributed by atoms with Crippen molar-refractivity contribution in [2.24, 2.45) is 0 Å². The fourth-order valence-corrected chi connectivity index (χ4v) is 9.39. The quantitative estimate of drug-likeness (QED) is 0.167. The lowest BCUT2D eigenvalue weighted by Crippen LogP contribution is -2.61. The molecule has 0 spiro atoms. The summed E-state index contributed by atoms with van der Waals surface area (Å²) in [6, 6.07) is 38.9. The smallest absolute Gasteiger partial charge is 0.252 e. The zero-order valence-electron chi connectivity index (χ0n) is 35.8. The van der Waals surface area contributed by atoms with E-state index in [2.05, 4.69) is 190 Å². The fourth-order valence-electron chi connectivity index (χ4n) is 9.39. The first-order chi connectivity index (χ1) is 25.8. The van der Waals surface area contributed by atoms with Crippen molar-refractivity contribution in [2.75, 3.05) is 9.80 Å². The molecule has 0 bridgehead atoms. The van der Waals surface area contributed by atoms with E-state index in [1.54, 1.807) is 0 Å². The molecule has 0 atom stereocenters. The summed E-state index contributed by atoms with van der Waals surface area (Å²) < 4.78 is 0. The lowest BCUT2D eigenvalue weighted by atomic mass is 9.33. The third kappa shape index (κ3) is 6.74. The van der Waals surface area contributed by atoms with Gasteiger partial charge in [-0.2, -0.15) is 0 Å². The fraction of sp³-hybridized carbons (Fsp3) is 0.423. The summed E-state index contributed by atoms with van der Waals surface area (Å²) in [6.45, 7) is 28.2. The summed E-state index contributed by atoms with van der Waals surface area (Å²) >= 11 is 0. The maximum Gasteiger partial charge on any atom is 0.252 e. The summed E-state index contributed by atoms with van der Waals surface area (Å²) in [4.78, 5) is 5.31. The van der Waals surface area contributed by atoms with E-state index in [0.717, 1.165) is 0 Å². The van der Waals surface area contributed by atoms with Crippen molar-refractivity contribution in [3.63, 3.8) is 0 Å². The number of anilines is 6. The van der Waals surface area contributed by atoms with Crippen LogP contribution < -0.4 is 26.2 Å². The zero-order chi connectivity index (χ0) is 39.2. The lowest BCUT2D eigenvalue weighted by molar-refractivity contribution is 0.444. The Bertz CT molecular complexity index is 2110. The van der Waals surface area contributed by atoms with Crippen LogP contribution in [0.1, 0.15) is 149 Å². The van der Waals surface area contributed by atoms with Gasteiger partial charge in [0.15, 0.2) is 0 Å². The molecule has 0 saturated heterocycles. The SMILES string of the molecule is CC(C)(C)c1cccc(N2c3cc(C(C)(C)C)ccc3B3c4ccc(C(C)(C)C)cc4N(c4cccc(C(C)(C)C)c4)c4cc(C5CCCCC5)cc2c43)c1. The largest absolute Gasteiger partial charge is 0.311 e. The van der Waals surface area contributed by atoms with E-state index < -0.39 is 0 Å². The Hall–Kier alpha value is -4.24. The van der Waals surface area contributed by atoms with Crippen molar-refractivity contribution >= 4 is 57.2 Å². The average Bonchev–Trinajstić information content (AvgIpc) is 3.13. The van der Waals surface area contributed by atoms with E-state index >= 15 is 0 Å². The van der Waals surface area contributed by atoms with Gasteiger partial charge in [0.2, 0.25) is 0 Å². The van der Waals surface area contributed by atoms with Gasteiger partial charge in [0.05, 0.1) is 0 Å². The van der Waals surface area contributed by atoms with Crippen LogP contribution in [0.25, 0.3) is 0 Å². The van der Waals surface area contributed by atoms with Crippen LogP contribution in [0.4, 0.5) is 34.1 Å². The first-order valence-electron chi connectivity index (χ1n) is 21.1. The number of nitrogens with zero attached hydrogens (tertiary/aromatic N) is 2. The molecule has 2 heterocycles. The van der Waals surface area contributed by atoms with E-state index in [1.165, 1.54) is 110 Å². The molecule has 8 rings (SSSR count). The summed E-state index contributed by atoms with van der Waals surface area (Å²) in [5, 5.41) is 0. The van der Waals surface area contributed by atoms with Crippen LogP contribution in [0, 0.1) is 0 Å². The molecule has 0 amide bonds. The van der Waals surface area contributed by atoms with Crippen LogP contribution >= 0.6 is 0 Å². The van der Waals surface area contributed by atoms with Crippen molar-refractivity contribution in [2.45, 2.75) is 143 Å². The molecule has 0 aromatic heterocycles. The molecule has 284 valence electrons. The van der Waals surface area contributed by atoms with Crippen molar-refractivity contribution in [3.8, 4) is 0 Å². The maximum absolute atomic E-state index is 2.65. The number of rotatable bonds is 3. The molecule has 1 fully saturated rings. The Labute approximate surface area is 333 Å². The van der Waals surface area contributed by atoms with Crippen molar-refractivity contribution in [3.05, 3.63) is 125 Å². The minimum atomic E-state index is 0.0181. The number of benzene rings is 5. The Balaban J connectivity index is 1.50. The van der Waals surface area contributed by atoms with Gasteiger partial charge in [0.25, 0.3) is 6.71 Å². The maximum atomic E-state index is 2.65. The molecule has 0 N–H and O–H groups in total. The highest BCUT2D eigenvalue weighted by molar-refractivity contribution is 7.00. The van der Waals surface area contributed by atoms with E-state index in [-0.39, 0.29) is 28.4 Å². The standard InChI is InChI=1S/C52H63BN2/c1-49(2,3)36-20-16-22-40(30-36)54-44-32-38(51(7,8)9)24-26-42(44)53-43-27-25-39(52(10,11)12)33-45(43)55(41-23-17-21-37(31-41)50(4,5)6)47-29-35(28-46(54)48(47)53)34-18-14-13-15-19-34/h16-17,20-34H,13-15,18-19H2,1-12H3. The average molecular weight is 727 g/mol. The molecule has 0 radical (unpaired) electrons. The van der Waals surface area contributed by atoms with Gasteiger partial charge in [-0.15, -0.1) is 0 Å². The first kappa shape index (κ1) is 37.7. The Morgan fingerprint density at radius 3 is 1.24 bits per heavy atom. The van der Waals surface area contributed by atoms with Gasteiger partial charge in [0, 0.05) is 34.1 Å². The molecule has 3 aliphatic rings. The van der Waals surface area contributed by atoms with Crippen LogP contribution in [0.2, 0.25) is 0 Å². The van der Waals surface area contributed by atoms with Crippen LogP contribution in [-0.4, -0.2) is 6.71 Å². The van der Waals surface area contributed by atoms with Crippen LogP contribution in [-0.2, 0) is 21.7 Å². The molecule has 5 aromatic carbocycles. The topological polar surface area (TPSA) is 6.48 Å². The van der Waals surface area contributed by atoms with E-state index in [0.29, 0.717) is 5.92 Å². The van der Waals surface area contributed by atoms with E-state index in [4.69, 9.17) is 0 Å². The van der Waals surface area contributed by atoms with E-state index in [9.17, 15) is 0 Å². The Morgan fingerprint density at radius 1 is 0.436 bits per heavy atom. The number of fused-ring (bicyclic) bond motifs is 4. The van der Waals surface area contributed by atoms with Crippen molar-refractivity contribution in [1.29, 1.82) is 0 Å². The van der Waals surface area contributed by atoms with E-state index in [1.807, 2.05) is 0 Å². The summed E-state index contributed by atoms with van der Waals surface area (Å²) in [7, 11) is 0. The molecule has 0 unspecified atom stereocenters. The van der Waals surface area contributed by atoms with Gasteiger partial charge in [-0.1, -0.05) is 151 Å². The van der Waals surface area contributed by atoms with Crippen LogP contribution in [0.3, 0.4) is 0 Å². The number of hydrogen-bond acceptors (Lipinski definition) is 2. The molecule has 1 saturated carbocycles. The van der Waals surface area contributed by atoms with Gasteiger partial charge >= 0.3 is 0 Å². The highest BCUT2D eigenvalue weighted by atomic mass is 15.2. The monoisotopic (exact) mass is 727 g/mol. The Morgan fingerprint density at radius 2 is 0.836 bits per heavy atom. The molecule has 2 aliphatic heterocycles. The lowest BCUT2D eigenvalue weighted by Gasteiger charge is -2.46. The molecule has 1 aliphatic carbocycles. The summed E-state index contributed by atoms with van der Waals surface area (Å²) in [5.41, 5.74) is 19.1. The highest BCUT2D eigenvalue weighted by Gasteiger charge is 2.45. The molecule has 3 heteroatoms. The first-order valence-corrected chi connectivity index (χ1v) is 21.1. The zero-order valence-corrected chi connectivity index (χ0v) is 35.8. The second-order valence-electron chi connectivity index (χ2n) is 21.1. The van der Waals surface area contributed by atoms with Crippen molar-refractivity contribution in [1.82, 2.24) is 0 Å². The minimum absolute atomic E-state index is 0.0181. The molecular weight excluding hydrogens is 663 g/mol.